The number of pyridine rings is 1. The average Bonchev–Trinajstić information content (AvgIpc) is 2.94. The minimum atomic E-state index is -0.403. The van der Waals surface area contributed by atoms with Crippen LogP contribution >= 0.6 is 0 Å². The van der Waals surface area contributed by atoms with Gasteiger partial charge in [-0.25, -0.2) is 4.98 Å². The Balaban J connectivity index is 1.63. The summed E-state index contributed by atoms with van der Waals surface area (Å²) in [7, 11) is 3.37. The second-order valence-corrected chi connectivity index (χ2v) is 9.86. The molecule has 0 unspecified atom stereocenters. The van der Waals surface area contributed by atoms with Crippen LogP contribution in [0, 0.1) is 5.92 Å². The number of methoxy groups -OCH3 is 1. The van der Waals surface area contributed by atoms with E-state index in [1.54, 1.807) is 36.2 Å². The quantitative estimate of drug-likeness (QED) is 0.490. The lowest BCUT2D eigenvalue weighted by Crippen LogP contribution is -2.50. The first-order valence-electron chi connectivity index (χ1n) is 12.8. The number of fused-ring (bicyclic) bond motifs is 1. The summed E-state index contributed by atoms with van der Waals surface area (Å²) in [6.07, 6.45) is 1.57. The van der Waals surface area contributed by atoms with E-state index in [2.05, 4.69) is 4.98 Å². The highest BCUT2D eigenvalue weighted by atomic mass is 16.5. The van der Waals surface area contributed by atoms with Gasteiger partial charge in [0.25, 0.3) is 5.91 Å². The highest BCUT2D eigenvalue weighted by molar-refractivity contribution is 5.98. The normalized spacial score (nSPS) is 18.0. The molecule has 0 bridgehead atoms. The van der Waals surface area contributed by atoms with Crippen molar-refractivity contribution >= 4 is 11.8 Å². The fourth-order valence-corrected chi connectivity index (χ4v) is 4.54. The first-order valence-corrected chi connectivity index (χ1v) is 12.8. The van der Waals surface area contributed by atoms with Crippen molar-refractivity contribution < 1.29 is 24.2 Å². The Morgan fingerprint density at radius 2 is 1.89 bits per heavy atom. The van der Waals surface area contributed by atoms with Gasteiger partial charge in [-0.1, -0.05) is 49.4 Å². The molecular weight excluding hydrogens is 482 g/mol. The van der Waals surface area contributed by atoms with Gasteiger partial charge in [-0.3, -0.25) is 9.59 Å². The highest BCUT2D eigenvalue weighted by Crippen LogP contribution is 2.31. The third kappa shape index (κ3) is 6.14. The summed E-state index contributed by atoms with van der Waals surface area (Å²) in [5.74, 6) is 0.578. The van der Waals surface area contributed by atoms with Crippen molar-refractivity contribution in [3.05, 3.63) is 78.0 Å². The fourth-order valence-electron chi connectivity index (χ4n) is 4.54. The predicted octanol–water partition coefficient (Wildman–Crippen LogP) is 3.68. The van der Waals surface area contributed by atoms with E-state index in [0.29, 0.717) is 25.1 Å². The van der Waals surface area contributed by atoms with Gasteiger partial charge in [0.1, 0.15) is 17.4 Å². The molecule has 2 heterocycles. The van der Waals surface area contributed by atoms with Gasteiger partial charge in [0.15, 0.2) is 0 Å². The molecule has 1 N–H and O–H groups in total. The summed E-state index contributed by atoms with van der Waals surface area (Å²) in [6, 6.07) is 18.5. The SMILES string of the molecule is COc1ccc(-c2cnc3c(c2)C(=O)N([C@H](C)CO)C[C@H](C)[C@@H](CN(C)C(=O)Cc2ccccc2)O3)cc1. The molecule has 3 atom stereocenters. The second kappa shape index (κ2) is 12.1. The Morgan fingerprint density at radius 3 is 2.55 bits per heavy atom. The van der Waals surface area contributed by atoms with Crippen molar-refractivity contribution in [2.24, 2.45) is 5.92 Å². The van der Waals surface area contributed by atoms with Gasteiger partial charge in [-0.05, 0) is 36.2 Å². The number of amides is 2. The topological polar surface area (TPSA) is 92.2 Å². The highest BCUT2D eigenvalue weighted by Gasteiger charge is 2.34. The molecule has 38 heavy (non-hydrogen) atoms. The molecule has 8 heteroatoms. The average molecular weight is 518 g/mol. The Kier molecular flexibility index (Phi) is 8.63. The number of likely N-dealkylation sites (N-methyl/N-ethyl adjacent to an activating group) is 1. The van der Waals surface area contributed by atoms with E-state index in [1.165, 1.54) is 0 Å². The number of carbonyl (C=O) groups excluding carboxylic acids is 2. The number of hydrogen-bond donors (Lipinski definition) is 1. The molecule has 1 aliphatic rings. The van der Waals surface area contributed by atoms with Crippen molar-refractivity contribution in [1.82, 2.24) is 14.8 Å². The molecule has 0 saturated carbocycles. The van der Waals surface area contributed by atoms with Crippen LogP contribution in [0.15, 0.2) is 66.9 Å². The number of nitrogens with zero attached hydrogens (tertiary/aromatic N) is 3. The van der Waals surface area contributed by atoms with E-state index in [4.69, 9.17) is 9.47 Å². The van der Waals surface area contributed by atoms with E-state index in [0.717, 1.165) is 22.4 Å². The maximum absolute atomic E-state index is 13.7. The van der Waals surface area contributed by atoms with E-state index >= 15 is 0 Å². The molecule has 2 aromatic carbocycles. The number of benzene rings is 2. The van der Waals surface area contributed by atoms with Crippen LogP contribution in [0.25, 0.3) is 11.1 Å². The van der Waals surface area contributed by atoms with Crippen molar-refractivity contribution in [3.63, 3.8) is 0 Å². The predicted molar refractivity (Wildman–Crippen MR) is 145 cm³/mol. The lowest BCUT2D eigenvalue weighted by atomic mass is 9.99. The van der Waals surface area contributed by atoms with Crippen molar-refractivity contribution in [3.8, 4) is 22.8 Å². The van der Waals surface area contributed by atoms with Gasteiger partial charge >= 0.3 is 0 Å². The number of hydrogen-bond acceptors (Lipinski definition) is 6. The van der Waals surface area contributed by atoms with Crippen LogP contribution < -0.4 is 9.47 Å². The van der Waals surface area contributed by atoms with Gasteiger partial charge in [-0.2, -0.15) is 0 Å². The summed E-state index contributed by atoms with van der Waals surface area (Å²) in [4.78, 5) is 34.5. The number of carbonyl (C=O) groups is 2. The first-order chi connectivity index (χ1) is 18.3. The molecule has 0 saturated heterocycles. The minimum Gasteiger partial charge on any atom is -0.497 e. The summed E-state index contributed by atoms with van der Waals surface area (Å²) < 4.78 is 11.6. The van der Waals surface area contributed by atoms with E-state index in [1.807, 2.05) is 68.4 Å². The van der Waals surface area contributed by atoms with Crippen LogP contribution in [-0.2, 0) is 11.2 Å². The van der Waals surface area contributed by atoms with Crippen LogP contribution in [-0.4, -0.2) is 77.7 Å². The molecule has 4 rings (SSSR count). The van der Waals surface area contributed by atoms with Crippen molar-refractivity contribution in [2.75, 3.05) is 33.9 Å². The molecular formula is C30H35N3O5. The molecule has 3 aromatic rings. The lowest BCUT2D eigenvalue weighted by Gasteiger charge is -2.37. The zero-order valence-electron chi connectivity index (χ0n) is 22.3. The van der Waals surface area contributed by atoms with Gasteiger partial charge in [0, 0.05) is 31.3 Å². The number of rotatable bonds is 8. The van der Waals surface area contributed by atoms with Gasteiger partial charge in [-0.15, -0.1) is 0 Å². The Bertz CT molecular complexity index is 1250. The number of ether oxygens (including phenoxy) is 2. The number of aliphatic hydroxyl groups is 1. The molecule has 0 spiro atoms. The smallest absolute Gasteiger partial charge is 0.259 e. The van der Waals surface area contributed by atoms with Crippen LogP contribution in [0.4, 0.5) is 0 Å². The summed E-state index contributed by atoms with van der Waals surface area (Å²) in [5, 5.41) is 9.90. The van der Waals surface area contributed by atoms with Crippen LogP contribution in [0.3, 0.4) is 0 Å². The monoisotopic (exact) mass is 517 g/mol. The lowest BCUT2D eigenvalue weighted by molar-refractivity contribution is -0.130. The zero-order valence-corrected chi connectivity index (χ0v) is 22.3. The molecule has 200 valence electrons. The number of aliphatic hydroxyl groups excluding tert-OH is 1. The molecule has 2 amide bonds. The third-order valence-electron chi connectivity index (χ3n) is 7.02. The van der Waals surface area contributed by atoms with E-state index in [-0.39, 0.29) is 30.2 Å². The maximum Gasteiger partial charge on any atom is 0.259 e. The van der Waals surface area contributed by atoms with Gasteiger partial charge in [0.2, 0.25) is 11.8 Å². The van der Waals surface area contributed by atoms with E-state index in [9.17, 15) is 14.7 Å². The summed E-state index contributed by atoms with van der Waals surface area (Å²) in [5.41, 5.74) is 2.92. The van der Waals surface area contributed by atoms with Crippen molar-refractivity contribution in [2.45, 2.75) is 32.4 Å². The zero-order chi connectivity index (χ0) is 27.2. The van der Waals surface area contributed by atoms with Crippen LogP contribution in [0.5, 0.6) is 11.6 Å². The first kappa shape index (κ1) is 27.1. The van der Waals surface area contributed by atoms with Gasteiger partial charge < -0.3 is 24.4 Å². The largest absolute Gasteiger partial charge is 0.497 e. The Labute approximate surface area is 223 Å². The Hall–Kier alpha value is -3.91. The third-order valence-corrected chi connectivity index (χ3v) is 7.02. The Morgan fingerprint density at radius 1 is 1.18 bits per heavy atom. The molecule has 1 aliphatic heterocycles. The van der Waals surface area contributed by atoms with Crippen molar-refractivity contribution in [1.29, 1.82) is 0 Å². The number of aromatic nitrogens is 1. The maximum atomic E-state index is 13.7. The summed E-state index contributed by atoms with van der Waals surface area (Å²) >= 11 is 0. The van der Waals surface area contributed by atoms with E-state index < -0.39 is 12.1 Å². The standard InChI is InChI=1S/C30H35N3O5/c1-20-17-33(21(2)19-34)30(36)26-15-24(23-10-12-25(37-4)13-11-23)16-31-29(26)38-27(20)18-32(3)28(35)14-22-8-6-5-7-9-22/h5-13,15-16,20-21,27,34H,14,17-19H2,1-4H3/t20-,21+,27+/m0/s1. The molecule has 1 aromatic heterocycles. The molecule has 0 radical (unpaired) electrons. The van der Waals surface area contributed by atoms with Crippen LogP contribution in [0.1, 0.15) is 29.8 Å². The fraction of sp³-hybridized carbons (Fsp3) is 0.367. The second-order valence-electron chi connectivity index (χ2n) is 9.86. The van der Waals surface area contributed by atoms with Gasteiger partial charge in [0.05, 0.1) is 32.7 Å². The molecule has 0 fully saturated rings. The van der Waals surface area contributed by atoms with Crippen LogP contribution in [0.2, 0.25) is 0 Å². The minimum absolute atomic E-state index is 0.0197. The summed E-state index contributed by atoms with van der Waals surface area (Å²) in [6.45, 7) is 4.35. The molecule has 0 aliphatic carbocycles. The molecule has 8 nitrogen and oxygen atoms in total.